The summed E-state index contributed by atoms with van der Waals surface area (Å²) in [7, 11) is 0. The predicted octanol–water partition coefficient (Wildman–Crippen LogP) is 3.04. The summed E-state index contributed by atoms with van der Waals surface area (Å²) in [4.78, 5) is 54.7. The Bertz CT molecular complexity index is 1720. The van der Waals surface area contributed by atoms with Crippen molar-refractivity contribution in [2.75, 3.05) is 6.54 Å². The van der Waals surface area contributed by atoms with Gasteiger partial charge in [0.25, 0.3) is 11.8 Å². The van der Waals surface area contributed by atoms with Crippen molar-refractivity contribution in [3.8, 4) is 11.6 Å². The molecule has 1 fully saturated rings. The molecule has 5 rings (SSSR count). The van der Waals surface area contributed by atoms with Gasteiger partial charge < -0.3 is 35.5 Å². The van der Waals surface area contributed by atoms with Crippen LogP contribution in [-0.4, -0.2) is 81.5 Å². The highest BCUT2D eigenvalue weighted by Gasteiger charge is 2.41. The van der Waals surface area contributed by atoms with Gasteiger partial charge in [-0.2, -0.15) is 0 Å². The van der Waals surface area contributed by atoms with Crippen LogP contribution in [0.25, 0.3) is 11.6 Å². The molecule has 6 N–H and O–H groups in total. The van der Waals surface area contributed by atoms with Gasteiger partial charge in [-0.3, -0.25) is 19.4 Å². The van der Waals surface area contributed by atoms with Crippen molar-refractivity contribution in [1.29, 1.82) is 0 Å². The van der Waals surface area contributed by atoms with Crippen LogP contribution in [0.1, 0.15) is 71.2 Å². The average Bonchev–Trinajstić information content (AvgIpc) is 3.78. The number of aromatic nitrogens is 4. The zero-order valence-corrected chi connectivity index (χ0v) is 26.4. The van der Waals surface area contributed by atoms with E-state index in [1.165, 1.54) is 0 Å². The third kappa shape index (κ3) is 8.81. The van der Waals surface area contributed by atoms with Crippen molar-refractivity contribution in [2.24, 2.45) is 5.73 Å². The Hall–Kier alpha value is -5.06. The number of aryl methyl sites for hydroxylation is 1. The minimum Gasteiger partial charge on any atom is -0.481 e. The van der Waals surface area contributed by atoms with E-state index in [0.29, 0.717) is 30.1 Å². The molecule has 0 unspecified atom stereocenters. The third-order valence-corrected chi connectivity index (χ3v) is 8.34. The zero-order chi connectivity index (χ0) is 34.4. The molecule has 4 aromatic rings. The fraction of sp³-hybridized carbons (Fsp3) is 0.355. The van der Waals surface area contributed by atoms with Gasteiger partial charge >= 0.3 is 17.9 Å². The Morgan fingerprint density at radius 1 is 1.06 bits per heavy atom. The first-order chi connectivity index (χ1) is 22.2. The van der Waals surface area contributed by atoms with Crippen LogP contribution in [0.2, 0.25) is 0 Å². The number of rotatable bonds is 11. The van der Waals surface area contributed by atoms with E-state index in [-0.39, 0.29) is 17.8 Å². The van der Waals surface area contributed by atoms with Gasteiger partial charge in [-0.15, -0.1) is 21.5 Å². The van der Waals surface area contributed by atoms with Crippen LogP contribution in [0, 0.1) is 6.92 Å². The van der Waals surface area contributed by atoms with Crippen molar-refractivity contribution in [1.82, 2.24) is 25.1 Å². The zero-order valence-electron chi connectivity index (χ0n) is 25.6. The summed E-state index contributed by atoms with van der Waals surface area (Å²) in [6, 6.07) is 13.4. The number of carboxylic acid groups (broad SMARTS) is 3. The largest absolute Gasteiger partial charge is 0.481 e. The molecular formula is C31H34N6O9S. The number of thiazole rings is 1. The molecule has 47 heavy (non-hydrogen) atoms. The lowest BCUT2D eigenvalue weighted by atomic mass is 9.94. The molecule has 1 saturated heterocycles. The molecule has 3 aromatic heterocycles. The molecule has 15 nitrogen and oxygen atoms in total. The lowest BCUT2D eigenvalue weighted by Gasteiger charge is -2.23. The number of hydrogen-bond donors (Lipinski definition) is 5. The number of nitrogens with two attached hydrogens (primary N) is 1. The van der Waals surface area contributed by atoms with Gasteiger partial charge in [-0.25, -0.2) is 9.78 Å². The molecule has 2 atom stereocenters. The standard InChI is InChI=1S/C25H26N6O2S.C6H8O7/c1-16-15-34-22(28-16)20-9-6-12-31(20)23(32)18-10-11-27-19(13-18)21-29-30-24(33-21)25(2,26)14-17-7-4-3-5-8-17;7-3(8)1-6(13,5(11)12)2-4(9)10/h3-5,7-8,10-11,13,15,20H,6,9,12,14,26H2,1-2H3;13H,1-2H2,(H,7,8)(H,9,10)(H,11,12)/t20-,25-;/m1./s1. The van der Waals surface area contributed by atoms with Crippen molar-refractivity contribution in [3.63, 3.8) is 0 Å². The Balaban J connectivity index is 0.000000328. The summed E-state index contributed by atoms with van der Waals surface area (Å²) in [5.41, 5.74) is 5.97. The average molecular weight is 667 g/mol. The third-order valence-electron chi connectivity index (χ3n) is 7.27. The van der Waals surface area contributed by atoms with Crippen molar-refractivity contribution < 1.29 is 44.0 Å². The summed E-state index contributed by atoms with van der Waals surface area (Å²) in [6.07, 6.45) is 1.73. The number of carbonyl (C=O) groups excluding carboxylic acids is 1. The second-order valence-corrected chi connectivity index (χ2v) is 12.3. The van der Waals surface area contributed by atoms with Crippen LogP contribution < -0.4 is 5.73 Å². The van der Waals surface area contributed by atoms with Gasteiger partial charge in [0.05, 0.1) is 24.4 Å². The van der Waals surface area contributed by atoms with Crippen LogP contribution in [0.15, 0.2) is 58.5 Å². The van der Waals surface area contributed by atoms with Gasteiger partial charge in [0, 0.05) is 29.4 Å². The molecule has 0 bridgehead atoms. The molecule has 1 amide bonds. The van der Waals surface area contributed by atoms with Gasteiger partial charge in [0.15, 0.2) is 5.60 Å². The first-order valence-electron chi connectivity index (χ1n) is 14.4. The van der Waals surface area contributed by atoms with Crippen LogP contribution in [0.3, 0.4) is 0 Å². The Morgan fingerprint density at radius 2 is 1.74 bits per heavy atom. The number of aliphatic hydroxyl groups is 1. The number of pyridine rings is 1. The number of hydrogen-bond acceptors (Lipinski definition) is 12. The first kappa shape index (κ1) is 34.8. The Kier molecular flexibility index (Phi) is 10.8. The number of carboxylic acids is 3. The topological polar surface area (TPSA) is 243 Å². The maximum Gasteiger partial charge on any atom is 0.336 e. The second-order valence-electron chi connectivity index (χ2n) is 11.4. The first-order valence-corrected chi connectivity index (χ1v) is 15.3. The van der Waals surface area contributed by atoms with Crippen molar-refractivity contribution in [3.05, 3.63) is 81.8 Å². The SMILES string of the molecule is Cc1csc([C@H]2CCCN2C(=O)c2ccnc(-c3nnc([C@](C)(N)Cc4ccccc4)o3)c2)n1.O=C(O)CC(O)(CC(=O)O)C(=O)O. The van der Waals surface area contributed by atoms with Crippen molar-refractivity contribution in [2.45, 2.75) is 63.1 Å². The van der Waals surface area contributed by atoms with Crippen LogP contribution >= 0.6 is 11.3 Å². The van der Waals surface area contributed by atoms with E-state index in [1.807, 2.05) is 54.5 Å². The molecule has 0 aliphatic carbocycles. The van der Waals surface area contributed by atoms with Crippen LogP contribution in [-0.2, 0) is 26.3 Å². The minimum absolute atomic E-state index is 0.00811. The molecule has 1 aliphatic heterocycles. The summed E-state index contributed by atoms with van der Waals surface area (Å²) in [5.74, 6) is -4.51. The van der Waals surface area contributed by atoms with E-state index in [0.717, 1.165) is 29.1 Å². The maximum atomic E-state index is 13.4. The molecule has 248 valence electrons. The Morgan fingerprint density at radius 3 is 2.34 bits per heavy atom. The van der Waals surface area contributed by atoms with Crippen LogP contribution in [0.4, 0.5) is 0 Å². The molecule has 0 radical (unpaired) electrons. The Labute approximate surface area is 272 Å². The molecule has 1 aromatic carbocycles. The second kappa shape index (κ2) is 14.6. The van der Waals surface area contributed by atoms with E-state index >= 15 is 0 Å². The summed E-state index contributed by atoms with van der Waals surface area (Å²) < 4.78 is 5.92. The molecule has 1 aliphatic rings. The van der Waals surface area contributed by atoms with Gasteiger partial charge in [-0.1, -0.05) is 30.3 Å². The maximum absolute atomic E-state index is 13.4. The number of carbonyl (C=O) groups is 4. The number of amides is 1. The fourth-order valence-electron chi connectivity index (χ4n) is 5.01. The fourth-order valence-corrected chi connectivity index (χ4v) is 5.95. The predicted molar refractivity (Wildman–Crippen MR) is 166 cm³/mol. The lowest BCUT2D eigenvalue weighted by molar-refractivity contribution is -0.170. The molecular weight excluding hydrogens is 632 g/mol. The summed E-state index contributed by atoms with van der Waals surface area (Å²) in [5, 5.41) is 45.2. The quantitative estimate of drug-likeness (QED) is 0.155. The normalized spacial score (nSPS) is 15.7. The van der Waals surface area contributed by atoms with E-state index in [2.05, 4.69) is 20.2 Å². The minimum atomic E-state index is -2.74. The van der Waals surface area contributed by atoms with Crippen molar-refractivity contribution >= 4 is 35.2 Å². The molecule has 0 spiro atoms. The van der Waals surface area contributed by atoms with E-state index < -0.39 is 41.9 Å². The smallest absolute Gasteiger partial charge is 0.336 e. The van der Waals surface area contributed by atoms with E-state index in [1.54, 1.807) is 29.7 Å². The number of nitrogens with zero attached hydrogens (tertiary/aromatic N) is 5. The lowest BCUT2D eigenvalue weighted by Crippen LogP contribution is -2.42. The van der Waals surface area contributed by atoms with Gasteiger partial charge in [-0.05, 0) is 50.8 Å². The number of likely N-dealkylation sites (tertiary alicyclic amines) is 1. The number of aliphatic carboxylic acids is 3. The molecule has 16 heteroatoms. The summed E-state index contributed by atoms with van der Waals surface area (Å²) >= 11 is 1.61. The number of benzene rings is 1. The summed E-state index contributed by atoms with van der Waals surface area (Å²) in [6.45, 7) is 4.54. The highest BCUT2D eigenvalue weighted by Crippen LogP contribution is 2.35. The van der Waals surface area contributed by atoms with Gasteiger partial charge in [0.2, 0.25) is 5.89 Å². The monoisotopic (exact) mass is 666 g/mol. The van der Waals surface area contributed by atoms with E-state index in [9.17, 15) is 19.2 Å². The van der Waals surface area contributed by atoms with Gasteiger partial charge in [0.1, 0.15) is 10.7 Å². The van der Waals surface area contributed by atoms with E-state index in [4.69, 9.17) is 30.6 Å². The molecule has 0 saturated carbocycles. The highest BCUT2D eigenvalue weighted by atomic mass is 32.1. The van der Waals surface area contributed by atoms with Crippen LogP contribution in [0.5, 0.6) is 0 Å². The highest BCUT2D eigenvalue weighted by molar-refractivity contribution is 7.09. The molecule has 4 heterocycles.